The van der Waals surface area contributed by atoms with Crippen LogP contribution in [0.4, 0.5) is 23.2 Å². The van der Waals surface area contributed by atoms with Gasteiger partial charge in [-0.2, -0.15) is 18.3 Å². The van der Waals surface area contributed by atoms with Crippen molar-refractivity contribution in [1.29, 1.82) is 0 Å². The van der Waals surface area contributed by atoms with E-state index in [0.29, 0.717) is 21.2 Å². The Labute approximate surface area is 173 Å². The van der Waals surface area contributed by atoms with Crippen LogP contribution >= 0.6 is 11.8 Å². The number of benzene rings is 1. The Kier molecular flexibility index (Phi) is 4.80. The molecule has 0 aliphatic carbocycles. The van der Waals surface area contributed by atoms with Gasteiger partial charge in [0.15, 0.2) is 6.04 Å². The highest BCUT2D eigenvalue weighted by atomic mass is 35.5. The second-order valence-corrected chi connectivity index (χ2v) is 7.23. The average Bonchev–Trinajstić information content (AvgIpc) is 3.32. The van der Waals surface area contributed by atoms with E-state index < -0.39 is 23.9 Å². The summed E-state index contributed by atoms with van der Waals surface area (Å²) < 4.78 is 55.5. The number of carbonyl (C=O) groups is 1. The first-order valence-electron chi connectivity index (χ1n) is 8.96. The van der Waals surface area contributed by atoms with Crippen molar-refractivity contribution in [2.45, 2.75) is 32.5 Å². The quantitative estimate of drug-likeness (QED) is 0.584. The Balaban J connectivity index is 1.64. The molecule has 158 valence electrons. The first-order valence-corrected chi connectivity index (χ1v) is 9.30. The molecule has 3 aromatic rings. The summed E-state index contributed by atoms with van der Waals surface area (Å²) in [5.74, 6) is -2.07. The van der Waals surface area contributed by atoms with E-state index in [1.165, 1.54) is 30.2 Å². The molecule has 1 aromatic carbocycles. The van der Waals surface area contributed by atoms with Gasteiger partial charge >= 0.3 is 12.0 Å². The van der Waals surface area contributed by atoms with Crippen molar-refractivity contribution in [2.24, 2.45) is 0 Å². The summed E-state index contributed by atoms with van der Waals surface area (Å²) in [7, 11) is 0. The van der Waals surface area contributed by atoms with Crippen LogP contribution in [-0.2, 0) is 11.0 Å². The van der Waals surface area contributed by atoms with Gasteiger partial charge in [0, 0.05) is 19.9 Å². The molecule has 2 aromatic heterocycles. The molecule has 0 radical (unpaired) electrons. The smallest absolute Gasteiger partial charge is 0.306 e. The van der Waals surface area contributed by atoms with Gasteiger partial charge in [-0.05, 0) is 31.2 Å². The monoisotopic (exact) mass is 443 g/mol. The lowest BCUT2D eigenvalue weighted by molar-refractivity contribution is -0.558. The van der Waals surface area contributed by atoms with Gasteiger partial charge in [0.2, 0.25) is 0 Å². The molecular weight excluding hydrogens is 428 g/mol. The van der Waals surface area contributed by atoms with E-state index >= 15 is 0 Å². The fourth-order valence-corrected chi connectivity index (χ4v) is 3.77. The van der Waals surface area contributed by atoms with Crippen molar-refractivity contribution in [3.8, 4) is 5.69 Å². The number of nitrogens with zero attached hydrogens (tertiary/aromatic N) is 6. The van der Waals surface area contributed by atoms with Gasteiger partial charge in [0.1, 0.15) is 17.6 Å². The Morgan fingerprint density at radius 1 is 1.20 bits per heavy atom. The van der Waals surface area contributed by atoms with Crippen LogP contribution in [0.5, 0.6) is 0 Å². The van der Waals surface area contributed by atoms with Gasteiger partial charge in [0.25, 0.3) is 11.7 Å². The zero-order chi connectivity index (χ0) is 21.8. The lowest BCUT2D eigenvalue weighted by Crippen LogP contribution is -2.33. The molecule has 1 amide bonds. The summed E-state index contributed by atoms with van der Waals surface area (Å²) in [6.07, 6.45) is -2.99. The number of alkyl halides is 3. The van der Waals surface area contributed by atoms with E-state index in [-0.39, 0.29) is 24.6 Å². The van der Waals surface area contributed by atoms with Gasteiger partial charge in [-0.3, -0.25) is 4.79 Å². The second-order valence-electron chi connectivity index (χ2n) is 6.89. The van der Waals surface area contributed by atoms with Crippen molar-refractivity contribution >= 4 is 23.4 Å². The summed E-state index contributed by atoms with van der Waals surface area (Å²) >= 11 is 5.73. The van der Waals surface area contributed by atoms with Crippen LogP contribution in [0.15, 0.2) is 30.5 Å². The van der Waals surface area contributed by atoms with E-state index in [1.54, 1.807) is 23.7 Å². The van der Waals surface area contributed by atoms with E-state index in [1.807, 2.05) is 0 Å². The van der Waals surface area contributed by atoms with Gasteiger partial charge in [-0.25, -0.2) is 9.07 Å². The van der Waals surface area contributed by atoms with Crippen molar-refractivity contribution in [1.82, 2.24) is 19.6 Å². The molecule has 0 bridgehead atoms. The number of hydrogen-bond donors (Lipinski definition) is 0. The molecule has 7 nitrogen and oxygen atoms in total. The summed E-state index contributed by atoms with van der Waals surface area (Å²) in [5, 5.41) is 7.81. The molecule has 0 N–H and O–H groups in total. The third-order valence-electron chi connectivity index (χ3n) is 5.08. The second kappa shape index (κ2) is 7.08. The van der Waals surface area contributed by atoms with E-state index in [4.69, 9.17) is 11.8 Å². The van der Waals surface area contributed by atoms with E-state index in [0.717, 1.165) is 4.68 Å². The normalized spacial score (nSPS) is 17.2. The van der Waals surface area contributed by atoms with Gasteiger partial charge in [-0.1, -0.05) is 4.68 Å². The van der Waals surface area contributed by atoms with Crippen LogP contribution in [0.1, 0.15) is 29.8 Å². The van der Waals surface area contributed by atoms with E-state index in [9.17, 15) is 22.4 Å². The summed E-state index contributed by atoms with van der Waals surface area (Å²) in [6, 6.07) is 4.79. The average molecular weight is 444 g/mol. The Hall–Kier alpha value is -2.95. The molecule has 1 unspecified atom stereocenters. The SMILES string of the molecule is Cc1c(N2CCC(n3nc(C(F)(F)F)[n+](Cl)c3C)C2=O)cnn1-c1ccc(F)cc1. The molecule has 1 atom stereocenters. The van der Waals surface area contributed by atoms with Crippen molar-refractivity contribution in [3.05, 3.63) is 53.6 Å². The minimum atomic E-state index is -4.74. The van der Waals surface area contributed by atoms with Crippen LogP contribution < -0.4 is 8.99 Å². The highest BCUT2D eigenvalue weighted by Crippen LogP contribution is 2.33. The number of halogens is 5. The molecule has 1 aliphatic rings. The summed E-state index contributed by atoms with van der Waals surface area (Å²) in [6.45, 7) is 3.39. The zero-order valence-electron chi connectivity index (χ0n) is 15.9. The van der Waals surface area contributed by atoms with Crippen molar-refractivity contribution in [2.75, 3.05) is 11.4 Å². The first kappa shape index (κ1) is 20.3. The lowest BCUT2D eigenvalue weighted by Gasteiger charge is -2.15. The van der Waals surface area contributed by atoms with Crippen LogP contribution in [0.3, 0.4) is 0 Å². The van der Waals surface area contributed by atoms with Crippen molar-refractivity contribution in [3.63, 3.8) is 0 Å². The Morgan fingerprint density at radius 3 is 2.47 bits per heavy atom. The zero-order valence-corrected chi connectivity index (χ0v) is 16.6. The molecule has 12 heteroatoms. The fraction of sp³-hybridized carbons (Fsp3) is 0.333. The predicted molar refractivity (Wildman–Crippen MR) is 97.7 cm³/mol. The summed E-state index contributed by atoms with van der Waals surface area (Å²) in [4.78, 5) is 14.5. The van der Waals surface area contributed by atoms with Gasteiger partial charge in [-0.15, -0.1) is 4.09 Å². The number of amides is 1. The molecule has 0 saturated carbocycles. The molecule has 1 saturated heterocycles. The molecule has 4 rings (SSSR count). The number of anilines is 1. The lowest BCUT2D eigenvalue weighted by atomic mass is 10.2. The maximum atomic E-state index is 13.2. The summed E-state index contributed by atoms with van der Waals surface area (Å²) in [5.41, 5.74) is 1.77. The predicted octanol–water partition coefficient (Wildman–Crippen LogP) is 3.11. The van der Waals surface area contributed by atoms with Gasteiger partial charge < -0.3 is 4.90 Å². The number of carbonyl (C=O) groups excluding carboxylic acids is 1. The third kappa shape index (κ3) is 3.22. The minimum absolute atomic E-state index is 0.00270. The topological polar surface area (TPSA) is 59.8 Å². The molecular formula is C18H16ClF4N6O+. The minimum Gasteiger partial charge on any atom is -0.306 e. The molecule has 1 aliphatic heterocycles. The standard InChI is InChI=1S/C18H16ClF4N6O/c1-10-15(9-24-28(10)13-5-3-12(20)4-6-13)26-8-7-14(16(26)30)29-11(2)27(19)17(25-29)18(21,22)23/h3-6,9,14H,7-8H2,1-2H3/q+1. The van der Waals surface area contributed by atoms with Crippen LogP contribution in [-0.4, -0.2) is 32.0 Å². The molecule has 3 heterocycles. The van der Waals surface area contributed by atoms with Crippen LogP contribution in [0.2, 0.25) is 0 Å². The third-order valence-corrected chi connectivity index (χ3v) is 5.48. The highest BCUT2D eigenvalue weighted by Gasteiger charge is 2.49. The number of rotatable bonds is 3. The Morgan fingerprint density at radius 2 is 1.87 bits per heavy atom. The highest BCUT2D eigenvalue weighted by molar-refractivity contribution is 6.04. The maximum absolute atomic E-state index is 13.2. The molecule has 1 fully saturated rings. The van der Waals surface area contributed by atoms with Crippen LogP contribution in [0, 0.1) is 19.7 Å². The first-order chi connectivity index (χ1) is 14.1. The fourth-order valence-electron chi connectivity index (χ4n) is 3.56. The maximum Gasteiger partial charge on any atom is 0.487 e. The molecule has 30 heavy (non-hydrogen) atoms. The number of aromatic nitrogens is 5. The van der Waals surface area contributed by atoms with Gasteiger partial charge in [0.05, 0.1) is 28.4 Å². The van der Waals surface area contributed by atoms with Crippen LogP contribution in [0.25, 0.3) is 5.69 Å². The van der Waals surface area contributed by atoms with Crippen molar-refractivity contribution < 1.29 is 26.4 Å². The largest absolute Gasteiger partial charge is 0.487 e. The Bertz CT molecular complexity index is 1120. The molecule has 0 spiro atoms. The number of hydrogen-bond acceptors (Lipinski definition) is 3. The van der Waals surface area contributed by atoms with E-state index in [2.05, 4.69) is 10.2 Å².